The topological polar surface area (TPSA) is 105 Å². The third-order valence-corrected chi connectivity index (χ3v) is 7.37. The lowest BCUT2D eigenvalue weighted by Crippen LogP contribution is -2.45. The molecule has 3 aromatic rings. The molecular weight excluding hydrogens is 552 g/mol. The maximum absolute atomic E-state index is 13.5. The largest absolute Gasteiger partial charge is 0.463 e. The van der Waals surface area contributed by atoms with Gasteiger partial charge in [-0.25, -0.2) is 0 Å². The van der Waals surface area contributed by atoms with E-state index in [-0.39, 0.29) is 43.8 Å². The average molecular weight is 597 g/mol. The van der Waals surface area contributed by atoms with E-state index in [9.17, 15) is 19.5 Å². The molecular formula is C37H44N2O5. The summed E-state index contributed by atoms with van der Waals surface area (Å²) in [6.45, 7) is 7.33. The second kappa shape index (κ2) is 18.9. The van der Waals surface area contributed by atoms with Gasteiger partial charge in [0.2, 0.25) is 11.8 Å². The summed E-state index contributed by atoms with van der Waals surface area (Å²) < 4.78 is 5.78. The quantitative estimate of drug-likeness (QED) is 0.134. The lowest BCUT2D eigenvalue weighted by molar-refractivity contribution is -0.149. The Kier molecular flexibility index (Phi) is 14.6. The van der Waals surface area contributed by atoms with Crippen LogP contribution in [0.4, 0.5) is 0 Å². The van der Waals surface area contributed by atoms with E-state index in [4.69, 9.17) is 4.74 Å². The molecule has 0 radical (unpaired) electrons. The molecule has 7 heteroatoms. The van der Waals surface area contributed by atoms with Crippen molar-refractivity contribution < 1.29 is 24.2 Å². The molecule has 0 heterocycles. The fraction of sp³-hybridized carbons (Fsp3) is 0.324. The number of nitrogens with one attached hydrogen (secondary N) is 2. The molecule has 0 bridgehead atoms. The molecule has 0 aliphatic rings. The van der Waals surface area contributed by atoms with Gasteiger partial charge in [0.15, 0.2) is 0 Å². The van der Waals surface area contributed by atoms with Gasteiger partial charge in [-0.2, -0.15) is 0 Å². The Bertz CT molecular complexity index is 1310. The second-order valence-corrected chi connectivity index (χ2v) is 11.0. The molecule has 3 N–H and O–H groups in total. The van der Waals surface area contributed by atoms with Gasteiger partial charge in [0, 0.05) is 6.42 Å². The van der Waals surface area contributed by atoms with E-state index in [1.54, 1.807) is 12.2 Å². The van der Waals surface area contributed by atoms with Crippen LogP contribution in [0.15, 0.2) is 116 Å². The standard InChI is InChI=1S/C37H44N2O5/c1-3-14-31(25-35(41)38-33(26-40)23-29-18-10-6-11-19-29)36(42)39-34(24-30-20-12-7-13-21-30)27-44-37(43)32(15-4-2)22-28-16-8-5-9-17-28/h3-13,16-21,31-34,40H,1-2,14-15,22-27H2,(H,38,41)(H,39,42)/t31-,32-,33-,34+/m1/s1. The van der Waals surface area contributed by atoms with Crippen LogP contribution in [-0.4, -0.2) is 48.2 Å². The van der Waals surface area contributed by atoms with Crippen molar-refractivity contribution in [1.82, 2.24) is 10.6 Å². The zero-order valence-electron chi connectivity index (χ0n) is 25.3. The van der Waals surface area contributed by atoms with E-state index in [2.05, 4.69) is 23.8 Å². The lowest BCUT2D eigenvalue weighted by atomic mass is 9.96. The fourth-order valence-corrected chi connectivity index (χ4v) is 5.09. The molecule has 7 nitrogen and oxygen atoms in total. The van der Waals surface area contributed by atoms with Crippen LogP contribution in [0.5, 0.6) is 0 Å². The van der Waals surface area contributed by atoms with Gasteiger partial charge in [0.05, 0.1) is 30.5 Å². The normalized spacial score (nSPS) is 13.5. The molecule has 0 fully saturated rings. The van der Waals surface area contributed by atoms with Crippen LogP contribution in [0.3, 0.4) is 0 Å². The molecule has 0 aromatic heterocycles. The second-order valence-electron chi connectivity index (χ2n) is 11.0. The van der Waals surface area contributed by atoms with Crippen LogP contribution in [0, 0.1) is 11.8 Å². The van der Waals surface area contributed by atoms with Crippen LogP contribution in [0.2, 0.25) is 0 Å². The number of esters is 1. The molecule has 0 saturated carbocycles. The van der Waals surface area contributed by atoms with E-state index < -0.39 is 23.9 Å². The number of rotatable bonds is 19. The molecule has 0 aliphatic heterocycles. The predicted molar refractivity (Wildman–Crippen MR) is 174 cm³/mol. The van der Waals surface area contributed by atoms with Gasteiger partial charge in [0.25, 0.3) is 0 Å². The number of ether oxygens (including phenoxy) is 1. The summed E-state index contributed by atoms with van der Waals surface area (Å²) >= 11 is 0. The van der Waals surface area contributed by atoms with Crippen molar-refractivity contribution in [2.75, 3.05) is 13.2 Å². The lowest BCUT2D eigenvalue weighted by Gasteiger charge is -2.24. The Morgan fingerprint density at radius 1 is 0.682 bits per heavy atom. The minimum atomic E-state index is -0.677. The molecule has 232 valence electrons. The van der Waals surface area contributed by atoms with Gasteiger partial charge in [0.1, 0.15) is 6.61 Å². The minimum Gasteiger partial charge on any atom is -0.463 e. The summed E-state index contributed by atoms with van der Waals surface area (Å²) in [7, 11) is 0. The highest BCUT2D eigenvalue weighted by atomic mass is 16.5. The summed E-state index contributed by atoms with van der Waals surface area (Å²) in [6, 6.07) is 28.0. The first kappa shape index (κ1) is 34.0. The van der Waals surface area contributed by atoms with Crippen molar-refractivity contribution in [1.29, 1.82) is 0 Å². The Morgan fingerprint density at radius 3 is 1.66 bits per heavy atom. The average Bonchev–Trinajstić information content (AvgIpc) is 3.04. The molecule has 0 unspecified atom stereocenters. The molecule has 0 aliphatic carbocycles. The number of hydrogen-bond acceptors (Lipinski definition) is 5. The monoisotopic (exact) mass is 596 g/mol. The van der Waals surface area contributed by atoms with Gasteiger partial charge < -0.3 is 20.5 Å². The summed E-state index contributed by atoms with van der Waals surface area (Å²) in [5.74, 6) is -2.08. The maximum Gasteiger partial charge on any atom is 0.309 e. The van der Waals surface area contributed by atoms with Gasteiger partial charge in [-0.1, -0.05) is 103 Å². The van der Waals surface area contributed by atoms with Crippen molar-refractivity contribution in [2.45, 2.75) is 50.6 Å². The van der Waals surface area contributed by atoms with Crippen LogP contribution in [-0.2, 0) is 38.4 Å². The van der Waals surface area contributed by atoms with E-state index in [0.29, 0.717) is 25.7 Å². The van der Waals surface area contributed by atoms with Crippen molar-refractivity contribution in [3.05, 3.63) is 133 Å². The molecule has 0 saturated heterocycles. The number of allylic oxidation sites excluding steroid dienone is 2. The number of benzene rings is 3. The predicted octanol–water partition coefficient (Wildman–Crippen LogP) is 4.99. The number of carbonyl (C=O) groups is 3. The number of hydrogen-bond donors (Lipinski definition) is 3. The molecule has 0 spiro atoms. The number of aliphatic hydroxyl groups excluding tert-OH is 1. The molecule has 3 rings (SSSR count). The Hall–Kier alpha value is -4.49. The van der Waals surface area contributed by atoms with Crippen LogP contribution in [0.25, 0.3) is 0 Å². The summed E-state index contributed by atoms with van der Waals surface area (Å²) in [5.41, 5.74) is 3.00. The maximum atomic E-state index is 13.5. The summed E-state index contributed by atoms with van der Waals surface area (Å²) in [4.78, 5) is 39.6. The zero-order chi connectivity index (χ0) is 31.6. The van der Waals surface area contributed by atoms with E-state index in [0.717, 1.165) is 16.7 Å². The first-order chi connectivity index (χ1) is 21.4. The summed E-state index contributed by atoms with van der Waals surface area (Å²) in [5, 5.41) is 15.7. The minimum absolute atomic E-state index is 0.0153. The third-order valence-electron chi connectivity index (χ3n) is 7.37. The molecule has 44 heavy (non-hydrogen) atoms. The first-order valence-corrected chi connectivity index (χ1v) is 15.1. The van der Waals surface area contributed by atoms with E-state index >= 15 is 0 Å². The number of amides is 2. The van der Waals surface area contributed by atoms with Crippen LogP contribution < -0.4 is 10.6 Å². The molecule has 3 aromatic carbocycles. The van der Waals surface area contributed by atoms with Gasteiger partial charge >= 0.3 is 5.97 Å². The van der Waals surface area contributed by atoms with E-state index in [1.165, 1.54) is 0 Å². The van der Waals surface area contributed by atoms with Crippen LogP contribution in [0.1, 0.15) is 36.0 Å². The van der Waals surface area contributed by atoms with E-state index in [1.807, 2.05) is 91.0 Å². The molecule has 2 amide bonds. The zero-order valence-corrected chi connectivity index (χ0v) is 25.3. The van der Waals surface area contributed by atoms with Crippen molar-refractivity contribution in [2.24, 2.45) is 11.8 Å². The van der Waals surface area contributed by atoms with Gasteiger partial charge in [-0.05, 0) is 48.8 Å². The van der Waals surface area contributed by atoms with Crippen molar-refractivity contribution in [3.63, 3.8) is 0 Å². The SMILES string of the molecule is C=CC[C@H](CC(=O)N[C@@H](CO)Cc1ccccc1)C(=O)N[C@H](COC(=O)[C@H](CC=C)Cc1ccccc1)Cc1ccccc1. The highest BCUT2D eigenvalue weighted by Gasteiger charge is 2.26. The summed E-state index contributed by atoms with van der Waals surface area (Å²) in [6.07, 6.45) is 5.46. The van der Waals surface area contributed by atoms with Crippen LogP contribution >= 0.6 is 0 Å². The fourth-order valence-electron chi connectivity index (χ4n) is 5.09. The first-order valence-electron chi connectivity index (χ1n) is 15.1. The Balaban J connectivity index is 1.65. The third kappa shape index (κ3) is 12.0. The highest BCUT2D eigenvalue weighted by molar-refractivity contribution is 5.86. The number of aliphatic hydroxyl groups is 1. The molecule has 4 atom stereocenters. The van der Waals surface area contributed by atoms with Crippen molar-refractivity contribution >= 4 is 17.8 Å². The number of carbonyl (C=O) groups excluding carboxylic acids is 3. The van der Waals surface area contributed by atoms with Crippen molar-refractivity contribution in [3.8, 4) is 0 Å². The Labute approximate surface area is 261 Å². The highest BCUT2D eigenvalue weighted by Crippen LogP contribution is 2.17. The smallest absolute Gasteiger partial charge is 0.309 e. The van der Waals surface area contributed by atoms with Gasteiger partial charge in [-0.15, -0.1) is 13.2 Å². The van der Waals surface area contributed by atoms with Gasteiger partial charge in [-0.3, -0.25) is 14.4 Å². The Morgan fingerprint density at radius 2 is 1.16 bits per heavy atom.